The first-order valence-electron chi connectivity index (χ1n) is 9.66. The molecule has 4 rings (SSSR count). The lowest BCUT2D eigenvalue weighted by atomic mass is 10.1. The van der Waals surface area contributed by atoms with Gasteiger partial charge in [-0.1, -0.05) is 41.7 Å². The second kappa shape index (κ2) is 9.27. The number of hydrogen-bond donors (Lipinski definition) is 1. The highest BCUT2D eigenvalue weighted by Gasteiger charge is 2.22. The van der Waals surface area contributed by atoms with E-state index >= 15 is 0 Å². The summed E-state index contributed by atoms with van der Waals surface area (Å²) in [6.07, 6.45) is 0.417. The predicted molar refractivity (Wildman–Crippen MR) is 113 cm³/mol. The number of halogens is 2. The van der Waals surface area contributed by atoms with Gasteiger partial charge in [0.15, 0.2) is 0 Å². The van der Waals surface area contributed by atoms with E-state index in [1.165, 1.54) is 23.5 Å². The van der Waals surface area contributed by atoms with Crippen LogP contribution in [0.4, 0.5) is 19.6 Å². The molecule has 0 spiro atoms. The number of piperazine rings is 1. The van der Waals surface area contributed by atoms with E-state index in [2.05, 4.69) is 20.4 Å². The number of aromatic nitrogens is 2. The smallest absolute Gasteiger partial charge is 0.238 e. The molecular formula is C21H21F2N5OS. The Morgan fingerprint density at radius 1 is 0.967 bits per heavy atom. The minimum Gasteiger partial charge on any atom is -0.344 e. The minimum atomic E-state index is -0.446. The summed E-state index contributed by atoms with van der Waals surface area (Å²) in [5.41, 5.74) is 0.795. The first-order chi connectivity index (χ1) is 14.6. The van der Waals surface area contributed by atoms with Gasteiger partial charge in [-0.15, -0.1) is 10.2 Å². The standard InChI is InChI=1S/C21H21F2N5OS/c22-16-6-2-1-5-15(16)13-20-25-26-21(30-20)28-11-9-27(10-12-28)14-19(29)24-18-8-4-3-7-17(18)23/h1-8H,9-14H2,(H,24,29). The van der Waals surface area contributed by atoms with Crippen molar-refractivity contribution in [1.29, 1.82) is 0 Å². The number of rotatable bonds is 6. The summed E-state index contributed by atoms with van der Waals surface area (Å²) < 4.78 is 27.5. The molecule has 1 amide bonds. The molecule has 30 heavy (non-hydrogen) atoms. The lowest BCUT2D eigenvalue weighted by Crippen LogP contribution is -2.48. The summed E-state index contributed by atoms with van der Waals surface area (Å²) in [6, 6.07) is 12.8. The average molecular weight is 429 g/mol. The van der Waals surface area contributed by atoms with Crippen LogP contribution in [0.2, 0.25) is 0 Å². The van der Waals surface area contributed by atoms with Crippen LogP contribution in [0.15, 0.2) is 48.5 Å². The molecule has 2 aromatic carbocycles. The van der Waals surface area contributed by atoms with E-state index in [0.717, 1.165) is 10.1 Å². The van der Waals surface area contributed by atoms with Crippen LogP contribution in [0.3, 0.4) is 0 Å². The number of anilines is 2. The Balaban J connectivity index is 1.27. The third-order valence-electron chi connectivity index (χ3n) is 4.91. The lowest BCUT2D eigenvalue weighted by molar-refractivity contribution is -0.117. The third-order valence-corrected chi connectivity index (χ3v) is 5.90. The molecule has 1 fully saturated rings. The van der Waals surface area contributed by atoms with E-state index < -0.39 is 5.82 Å². The largest absolute Gasteiger partial charge is 0.344 e. The second-order valence-electron chi connectivity index (χ2n) is 7.04. The number of nitrogens with zero attached hydrogens (tertiary/aromatic N) is 4. The van der Waals surface area contributed by atoms with Crippen molar-refractivity contribution in [2.45, 2.75) is 6.42 Å². The monoisotopic (exact) mass is 429 g/mol. The molecule has 1 N–H and O–H groups in total. The van der Waals surface area contributed by atoms with Crippen LogP contribution in [-0.2, 0) is 11.2 Å². The van der Waals surface area contributed by atoms with E-state index in [1.54, 1.807) is 30.3 Å². The van der Waals surface area contributed by atoms with Gasteiger partial charge in [-0.05, 0) is 23.8 Å². The Kier molecular flexibility index (Phi) is 6.29. The van der Waals surface area contributed by atoms with Crippen molar-refractivity contribution in [3.63, 3.8) is 0 Å². The number of para-hydroxylation sites is 1. The van der Waals surface area contributed by atoms with Gasteiger partial charge in [0.1, 0.15) is 16.6 Å². The SMILES string of the molecule is O=C(CN1CCN(c2nnc(Cc3ccccc3F)s2)CC1)Nc1ccccc1F. The molecule has 1 aliphatic heterocycles. The van der Waals surface area contributed by atoms with Crippen molar-refractivity contribution >= 4 is 28.1 Å². The second-order valence-corrected chi connectivity index (χ2v) is 8.08. The molecule has 0 aliphatic carbocycles. The predicted octanol–water partition coefficient (Wildman–Crippen LogP) is 3.17. The minimum absolute atomic E-state index is 0.192. The fourth-order valence-corrected chi connectivity index (χ4v) is 4.21. The van der Waals surface area contributed by atoms with Gasteiger partial charge in [0.25, 0.3) is 0 Å². The van der Waals surface area contributed by atoms with E-state index in [4.69, 9.17) is 0 Å². The molecule has 0 atom stereocenters. The molecule has 0 saturated carbocycles. The van der Waals surface area contributed by atoms with Gasteiger partial charge in [-0.3, -0.25) is 9.69 Å². The van der Waals surface area contributed by atoms with Crippen LogP contribution in [-0.4, -0.2) is 53.7 Å². The quantitative estimate of drug-likeness (QED) is 0.652. The molecular weight excluding hydrogens is 408 g/mol. The Hall–Kier alpha value is -2.91. The summed E-state index contributed by atoms with van der Waals surface area (Å²) in [7, 11) is 0. The number of carbonyl (C=O) groups excluding carboxylic acids is 1. The van der Waals surface area contributed by atoms with E-state index in [9.17, 15) is 13.6 Å². The van der Waals surface area contributed by atoms with Crippen molar-refractivity contribution in [2.24, 2.45) is 0 Å². The molecule has 0 unspecified atom stereocenters. The summed E-state index contributed by atoms with van der Waals surface area (Å²) >= 11 is 1.46. The van der Waals surface area contributed by atoms with Gasteiger partial charge >= 0.3 is 0 Å². The summed E-state index contributed by atoms with van der Waals surface area (Å²) in [5.74, 6) is -0.925. The maximum absolute atomic E-state index is 13.8. The van der Waals surface area contributed by atoms with Gasteiger partial charge < -0.3 is 10.2 Å². The van der Waals surface area contributed by atoms with Crippen molar-refractivity contribution in [2.75, 3.05) is 42.9 Å². The highest BCUT2D eigenvalue weighted by molar-refractivity contribution is 7.15. The van der Waals surface area contributed by atoms with E-state index in [-0.39, 0.29) is 24.0 Å². The van der Waals surface area contributed by atoms with Crippen molar-refractivity contribution in [3.8, 4) is 0 Å². The van der Waals surface area contributed by atoms with Crippen molar-refractivity contribution in [1.82, 2.24) is 15.1 Å². The topological polar surface area (TPSA) is 61.4 Å². The van der Waals surface area contributed by atoms with Gasteiger partial charge in [-0.25, -0.2) is 8.78 Å². The van der Waals surface area contributed by atoms with Gasteiger partial charge in [0.2, 0.25) is 11.0 Å². The lowest BCUT2D eigenvalue weighted by Gasteiger charge is -2.33. The molecule has 1 saturated heterocycles. The molecule has 156 valence electrons. The van der Waals surface area contributed by atoms with E-state index in [0.29, 0.717) is 38.2 Å². The number of amides is 1. The summed E-state index contributed by atoms with van der Waals surface area (Å²) in [4.78, 5) is 16.3. The Bertz CT molecular complexity index is 1020. The molecule has 2 heterocycles. The first-order valence-corrected chi connectivity index (χ1v) is 10.5. The number of nitrogens with one attached hydrogen (secondary N) is 1. The van der Waals surface area contributed by atoms with Crippen molar-refractivity contribution < 1.29 is 13.6 Å². The average Bonchev–Trinajstić information content (AvgIpc) is 3.20. The zero-order valence-electron chi connectivity index (χ0n) is 16.2. The van der Waals surface area contributed by atoms with Crippen LogP contribution in [0.5, 0.6) is 0 Å². The fourth-order valence-electron chi connectivity index (χ4n) is 3.30. The van der Waals surface area contributed by atoms with Crippen molar-refractivity contribution in [3.05, 3.63) is 70.7 Å². The van der Waals surface area contributed by atoms with Crippen LogP contribution < -0.4 is 10.2 Å². The van der Waals surface area contributed by atoms with Gasteiger partial charge in [0.05, 0.1) is 12.2 Å². The molecule has 3 aromatic rings. The third kappa shape index (κ3) is 4.98. The zero-order chi connectivity index (χ0) is 20.9. The number of carbonyl (C=O) groups is 1. The summed E-state index contributed by atoms with van der Waals surface area (Å²) in [6.45, 7) is 3.00. The molecule has 9 heteroatoms. The maximum atomic E-state index is 13.8. The summed E-state index contributed by atoms with van der Waals surface area (Å²) in [5, 5.41) is 12.6. The van der Waals surface area contributed by atoms with Gasteiger partial charge in [-0.2, -0.15) is 0 Å². The highest BCUT2D eigenvalue weighted by Crippen LogP contribution is 2.24. The Labute approximate surface area is 177 Å². The molecule has 0 bridgehead atoms. The molecule has 1 aliphatic rings. The van der Waals surface area contributed by atoms with E-state index in [1.807, 2.05) is 11.0 Å². The molecule has 0 radical (unpaired) electrons. The van der Waals surface area contributed by atoms with Gasteiger partial charge in [0, 0.05) is 32.6 Å². The molecule has 1 aromatic heterocycles. The molecule has 6 nitrogen and oxygen atoms in total. The maximum Gasteiger partial charge on any atom is 0.238 e. The fraction of sp³-hybridized carbons (Fsp3) is 0.286. The van der Waals surface area contributed by atoms with Crippen LogP contribution in [0, 0.1) is 11.6 Å². The number of hydrogen-bond acceptors (Lipinski definition) is 6. The van der Waals surface area contributed by atoms with Crippen LogP contribution in [0.25, 0.3) is 0 Å². The van der Waals surface area contributed by atoms with Crippen LogP contribution in [0.1, 0.15) is 10.6 Å². The Morgan fingerprint density at radius 3 is 2.40 bits per heavy atom. The Morgan fingerprint density at radius 2 is 1.67 bits per heavy atom. The van der Waals surface area contributed by atoms with Crippen LogP contribution >= 0.6 is 11.3 Å². The normalized spacial score (nSPS) is 14.7. The first kappa shape index (κ1) is 20.4. The number of benzene rings is 2. The zero-order valence-corrected chi connectivity index (χ0v) is 17.0. The highest BCUT2D eigenvalue weighted by atomic mass is 32.1.